The second-order valence-corrected chi connectivity index (χ2v) is 5.98. The molecule has 0 fully saturated rings. The topological polar surface area (TPSA) is 35.2 Å². The molecule has 2 N–H and O–H groups in total. The predicted octanol–water partition coefficient (Wildman–Crippen LogP) is 4.26. The number of hydrogen-bond acceptors (Lipinski definition) is 3. The monoisotopic (exact) mass is 275 g/mol. The first kappa shape index (κ1) is 14.1. The van der Waals surface area contributed by atoms with Gasteiger partial charge in [-0.15, -0.1) is 11.3 Å². The van der Waals surface area contributed by atoms with Crippen LogP contribution in [0.5, 0.6) is 5.75 Å². The second kappa shape index (κ2) is 6.22. The largest absolute Gasteiger partial charge is 0.484 e. The molecule has 0 spiro atoms. The van der Waals surface area contributed by atoms with Crippen LogP contribution in [-0.2, 0) is 0 Å². The van der Waals surface area contributed by atoms with Crippen LogP contribution >= 0.6 is 11.3 Å². The van der Waals surface area contributed by atoms with E-state index in [1.165, 1.54) is 16.0 Å². The molecule has 0 amide bonds. The number of thiophene rings is 1. The van der Waals surface area contributed by atoms with Gasteiger partial charge < -0.3 is 10.5 Å². The molecule has 1 atom stereocenters. The number of aryl methyl sites for hydroxylation is 1. The van der Waals surface area contributed by atoms with Crippen LogP contribution in [0.15, 0.2) is 35.7 Å². The summed E-state index contributed by atoms with van der Waals surface area (Å²) >= 11 is 1.70. The Labute approximate surface area is 119 Å². The van der Waals surface area contributed by atoms with E-state index in [2.05, 4.69) is 44.4 Å². The first-order chi connectivity index (χ1) is 9.11. The summed E-state index contributed by atoms with van der Waals surface area (Å²) in [5.41, 5.74) is 8.41. The van der Waals surface area contributed by atoms with E-state index in [1.807, 2.05) is 12.1 Å². The molecule has 2 aromatic rings. The van der Waals surface area contributed by atoms with Crippen molar-refractivity contribution >= 4 is 11.3 Å². The normalized spacial score (nSPS) is 12.7. The highest BCUT2D eigenvalue weighted by Gasteiger charge is 2.15. The van der Waals surface area contributed by atoms with Crippen molar-refractivity contribution in [2.45, 2.75) is 32.8 Å². The van der Waals surface area contributed by atoms with Gasteiger partial charge in [0, 0.05) is 11.4 Å². The molecule has 1 aromatic carbocycles. The van der Waals surface area contributed by atoms with Gasteiger partial charge in [-0.1, -0.05) is 26.0 Å². The van der Waals surface area contributed by atoms with Crippen molar-refractivity contribution in [3.63, 3.8) is 0 Å². The van der Waals surface area contributed by atoms with E-state index in [0.717, 1.165) is 5.75 Å². The average Bonchev–Trinajstić information content (AvgIpc) is 2.83. The third-order valence-corrected chi connectivity index (χ3v) is 4.34. The minimum atomic E-state index is -0.0510. The predicted molar refractivity (Wildman–Crippen MR) is 82.0 cm³/mol. The molecule has 0 aliphatic rings. The molecule has 1 aromatic heterocycles. The van der Waals surface area contributed by atoms with Gasteiger partial charge in [0.15, 0.2) is 0 Å². The maximum absolute atomic E-state index is 6.01. The van der Waals surface area contributed by atoms with Crippen molar-refractivity contribution < 1.29 is 4.74 Å². The van der Waals surface area contributed by atoms with Crippen molar-refractivity contribution in [2.24, 2.45) is 5.73 Å². The Kier molecular flexibility index (Phi) is 4.61. The maximum Gasteiger partial charge on any atom is 0.145 e. The molecular weight excluding hydrogens is 254 g/mol. The third kappa shape index (κ3) is 3.37. The molecule has 1 heterocycles. The molecule has 0 aliphatic carbocycles. The number of rotatable bonds is 5. The molecule has 0 aliphatic heterocycles. The minimum Gasteiger partial charge on any atom is -0.484 e. The molecule has 0 radical (unpaired) electrons. The summed E-state index contributed by atoms with van der Waals surface area (Å²) in [5.74, 6) is 1.42. The van der Waals surface area contributed by atoms with Gasteiger partial charge in [-0.05, 0) is 47.5 Å². The van der Waals surface area contributed by atoms with E-state index >= 15 is 0 Å². The van der Waals surface area contributed by atoms with Crippen LogP contribution in [0.4, 0.5) is 0 Å². The fourth-order valence-corrected chi connectivity index (χ4v) is 2.99. The second-order valence-electron chi connectivity index (χ2n) is 5.03. The smallest absolute Gasteiger partial charge is 0.145 e. The zero-order valence-corrected chi connectivity index (χ0v) is 12.5. The van der Waals surface area contributed by atoms with Gasteiger partial charge >= 0.3 is 0 Å². The Morgan fingerprint density at radius 3 is 2.32 bits per heavy atom. The van der Waals surface area contributed by atoms with E-state index in [0.29, 0.717) is 12.5 Å². The molecule has 1 unspecified atom stereocenters. The summed E-state index contributed by atoms with van der Waals surface area (Å²) in [6, 6.07) is 10.4. The van der Waals surface area contributed by atoms with Gasteiger partial charge in [-0.2, -0.15) is 0 Å². The Bertz CT molecular complexity index is 516. The van der Waals surface area contributed by atoms with Crippen LogP contribution in [0.2, 0.25) is 0 Å². The molecule has 3 heteroatoms. The fraction of sp³-hybridized carbons (Fsp3) is 0.375. The number of ether oxygens (including phenoxy) is 1. The molecular formula is C16H21NOS. The van der Waals surface area contributed by atoms with E-state index in [4.69, 9.17) is 10.5 Å². The summed E-state index contributed by atoms with van der Waals surface area (Å²) in [6.45, 7) is 6.97. The van der Waals surface area contributed by atoms with Gasteiger partial charge in [0.25, 0.3) is 0 Å². The van der Waals surface area contributed by atoms with Crippen LogP contribution in [0.25, 0.3) is 0 Å². The average molecular weight is 275 g/mol. The lowest BCUT2D eigenvalue weighted by Gasteiger charge is -2.17. The molecule has 0 saturated heterocycles. The standard InChI is InChI=1S/C16H21NOS/c1-11(2)13-4-6-14(7-5-13)18-15(10-17)16-12(3)8-9-19-16/h4-9,11,15H,10,17H2,1-3H3. The van der Waals surface area contributed by atoms with Crippen LogP contribution in [0.3, 0.4) is 0 Å². The van der Waals surface area contributed by atoms with Crippen LogP contribution in [0.1, 0.15) is 41.9 Å². The van der Waals surface area contributed by atoms with E-state index < -0.39 is 0 Å². The summed E-state index contributed by atoms with van der Waals surface area (Å²) in [6.07, 6.45) is -0.0510. The summed E-state index contributed by atoms with van der Waals surface area (Å²) < 4.78 is 6.01. The van der Waals surface area contributed by atoms with Gasteiger partial charge in [-0.25, -0.2) is 0 Å². The zero-order valence-electron chi connectivity index (χ0n) is 11.7. The zero-order chi connectivity index (χ0) is 13.8. The summed E-state index contributed by atoms with van der Waals surface area (Å²) in [5, 5.41) is 2.08. The Morgan fingerprint density at radius 2 is 1.84 bits per heavy atom. The number of benzene rings is 1. The van der Waals surface area contributed by atoms with Crippen LogP contribution in [0, 0.1) is 6.92 Å². The Hall–Kier alpha value is -1.32. The first-order valence-electron chi connectivity index (χ1n) is 6.62. The highest BCUT2D eigenvalue weighted by molar-refractivity contribution is 7.10. The molecule has 19 heavy (non-hydrogen) atoms. The summed E-state index contributed by atoms with van der Waals surface area (Å²) in [4.78, 5) is 1.22. The van der Waals surface area contributed by atoms with Crippen molar-refractivity contribution in [3.05, 3.63) is 51.7 Å². The molecule has 0 bridgehead atoms. The lowest BCUT2D eigenvalue weighted by Crippen LogP contribution is -2.18. The van der Waals surface area contributed by atoms with Crippen molar-refractivity contribution in [1.29, 1.82) is 0 Å². The highest BCUT2D eigenvalue weighted by atomic mass is 32.1. The fourth-order valence-electron chi connectivity index (χ4n) is 2.02. The van der Waals surface area contributed by atoms with E-state index in [9.17, 15) is 0 Å². The lowest BCUT2D eigenvalue weighted by atomic mass is 10.0. The van der Waals surface area contributed by atoms with Crippen LogP contribution < -0.4 is 10.5 Å². The van der Waals surface area contributed by atoms with Crippen molar-refractivity contribution in [3.8, 4) is 5.75 Å². The number of hydrogen-bond donors (Lipinski definition) is 1. The van der Waals surface area contributed by atoms with E-state index in [1.54, 1.807) is 11.3 Å². The highest BCUT2D eigenvalue weighted by Crippen LogP contribution is 2.28. The summed E-state index contributed by atoms with van der Waals surface area (Å²) in [7, 11) is 0. The quantitative estimate of drug-likeness (QED) is 0.885. The molecule has 2 nitrogen and oxygen atoms in total. The molecule has 0 saturated carbocycles. The Balaban J connectivity index is 2.13. The molecule has 2 rings (SSSR count). The SMILES string of the molecule is Cc1ccsc1C(CN)Oc1ccc(C(C)C)cc1. The molecule has 102 valence electrons. The number of nitrogens with two attached hydrogens (primary N) is 1. The first-order valence-corrected chi connectivity index (χ1v) is 7.50. The van der Waals surface area contributed by atoms with Crippen LogP contribution in [-0.4, -0.2) is 6.54 Å². The van der Waals surface area contributed by atoms with Gasteiger partial charge in [0.05, 0.1) is 0 Å². The van der Waals surface area contributed by atoms with Crippen molar-refractivity contribution in [1.82, 2.24) is 0 Å². The third-order valence-electron chi connectivity index (χ3n) is 3.23. The Morgan fingerprint density at radius 1 is 1.16 bits per heavy atom. The van der Waals surface area contributed by atoms with Gasteiger partial charge in [-0.3, -0.25) is 0 Å². The van der Waals surface area contributed by atoms with Crippen molar-refractivity contribution in [2.75, 3.05) is 6.54 Å². The van der Waals surface area contributed by atoms with Gasteiger partial charge in [0.2, 0.25) is 0 Å². The minimum absolute atomic E-state index is 0.0510. The van der Waals surface area contributed by atoms with E-state index in [-0.39, 0.29) is 6.10 Å². The van der Waals surface area contributed by atoms with Gasteiger partial charge in [0.1, 0.15) is 11.9 Å². The lowest BCUT2D eigenvalue weighted by molar-refractivity contribution is 0.217. The maximum atomic E-state index is 6.01.